The Morgan fingerprint density at radius 1 is 1.06 bits per heavy atom. The molecule has 1 aliphatic rings. The number of furan rings is 1. The van der Waals surface area contributed by atoms with E-state index in [1.807, 2.05) is 25.1 Å². The maximum atomic E-state index is 13.7. The molecule has 8 heteroatoms. The number of thiophene rings is 1. The van der Waals surface area contributed by atoms with Crippen LogP contribution < -0.4 is 15.5 Å². The van der Waals surface area contributed by atoms with Crippen LogP contribution in [0.15, 0.2) is 58.3 Å². The van der Waals surface area contributed by atoms with E-state index in [0.29, 0.717) is 22.1 Å². The monoisotopic (exact) mass is 493 g/mol. The first kappa shape index (κ1) is 24.7. The van der Waals surface area contributed by atoms with Crippen molar-refractivity contribution < 1.29 is 18.8 Å². The van der Waals surface area contributed by atoms with Gasteiger partial charge in [-0.05, 0) is 68.0 Å². The van der Waals surface area contributed by atoms with E-state index in [-0.39, 0.29) is 24.4 Å². The van der Waals surface area contributed by atoms with E-state index < -0.39 is 11.9 Å². The van der Waals surface area contributed by atoms with Crippen LogP contribution in [0.2, 0.25) is 0 Å². The number of anilines is 1. The summed E-state index contributed by atoms with van der Waals surface area (Å²) in [4.78, 5) is 41.8. The zero-order valence-corrected chi connectivity index (χ0v) is 20.9. The van der Waals surface area contributed by atoms with Crippen LogP contribution in [0.5, 0.6) is 0 Å². The molecule has 2 heterocycles. The van der Waals surface area contributed by atoms with Crippen LogP contribution in [0.1, 0.15) is 64.9 Å². The Kier molecular flexibility index (Phi) is 8.02. The van der Waals surface area contributed by atoms with Gasteiger partial charge in [-0.1, -0.05) is 37.5 Å². The van der Waals surface area contributed by atoms with Gasteiger partial charge >= 0.3 is 0 Å². The van der Waals surface area contributed by atoms with Gasteiger partial charge in [0.05, 0.1) is 11.4 Å². The van der Waals surface area contributed by atoms with E-state index >= 15 is 0 Å². The van der Waals surface area contributed by atoms with Crippen molar-refractivity contribution >= 4 is 34.7 Å². The molecule has 0 saturated heterocycles. The minimum Gasteiger partial charge on any atom is -0.464 e. The number of aryl methyl sites for hydroxylation is 2. The van der Waals surface area contributed by atoms with Gasteiger partial charge in [0.2, 0.25) is 5.91 Å². The van der Waals surface area contributed by atoms with Crippen molar-refractivity contribution in [2.45, 2.75) is 58.0 Å². The van der Waals surface area contributed by atoms with Crippen molar-refractivity contribution in [3.63, 3.8) is 0 Å². The molecule has 3 amide bonds. The first-order chi connectivity index (χ1) is 16.9. The standard InChI is InChI=1S/C27H31N3O4S/c1-18-8-6-11-21(16-18)30(24(31)17-28-26(32)23-12-7-15-35-23)25(22-14-13-19(2)34-22)27(33)29-20-9-4-3-5-10-20/h6-8,11-16,20,25H,3-5,9-10,17H2,1-2H3,(H,28,32)(H,29,33)/t25-/m1/s1. The predicted molar refractivity (Wildman–Crippen MR) is 137 cm³/mol. The average molecular weight is 494 g/mol. The van der Waals surface area contributed by atoms with Crippen LogP contribution in [-0.2, 0) is 9.59 Å². The van der Waals surface area contributed by atoms with Gasteiger partial charge in [0.1, 0.15) is 11.5 Å². The summed E-state index contributed by atoms with van der Waals surface area (Å²) in [5, 5.41) is 7.66. The van der Waals surface area contributed by atoms with Crippen molar-refractivity contribution in [2.24, 2.45) is 0 Å². The van der Waals surface area contributed by atoms with Crippen molar-refractivity contribution in [1.29, 1.82) is 0 Å². The highest BCUT2D eigenvalue weighted by Crippen LogP contribution is 2.30. The average Bonchev–Trinajstić information content (AvgIpc) is 3.53. The molecule has 1 atom stereocenters. The van der Waals surface area contributed by atoms with Gasteiger partial charge in [0.15, 0.2) is 6.04 Å². The molecule has 2 N–H and O–H groups in total. The molecule has 0 aliphatic heterocycles. The summed E-state index contributed by atoms with van der Waals surface area (Å²) in [6.07, 6.45) is 5.16. The van der Waals surface area contributed by atoms with Crippen LogP contribution >= 0.6 is 11.3 Å². The number of nitrogens with zero attached hydrogens (tertiary/aromatic N) is 1. The highest BCUT2D eigenvalue weighted by atomic mass is 32.1. The second-order valence-corrected chi connectivity index (χ2v) is 9.90. The number of hydrogen-bond acceptors (Lipinski definition) is 5. The number of benzene rings is 1. The molecular formula is C27H31N3O4S. The second kappa shape index (κ2) is 11.4. The van der Waals surface area contributed by atoms with E-state index in [1.165, 1.54) is 22.7 Å². The molecule has 0 unspecified atom stereocenters. The molecule has 184 valence electrons. The zero-order chi connectivity index (χ0) is 24.8. The minimum atomic E-state index is -1.00. The Balaban J connectivity index is 1.65. The second-order valence-electron chi connectivity index (χ2n) is 8.96. The molecule has 1 aliphatic carbocycles. The Morgan fingerprint density at radius 2 is 1.86 bits per heavy atom. The van der Waals surface area contributed by atoms with Crippen molar-refractivity contribution in [2.75, 3.05) is 11.4 Å². The molecular weight excluding hydrogens is 462 g/mol. The fraction of sp³-hybridized carbons (Fsp3) is 0.370. The highest BCUT2D eigenvalue weighted by Gasteiger charge is 2.36. The highest BCUT2D eigenvalue weighted by molar-refractivity contribution is 7.12. The maximum Gasteiger partial charge on any atom is 0.261 e. The van der Waals surface area contributed by atoms with Gasteiger partial charge in [0.25, 0.3) is 11.8 Å². The molecule has 0 bridgehead atoms. The number of carbonyl (C=O) groups excluding carboxylic acids is 3. The van der Waals surface area contributed by atoms with Gasteiger partial charge < -0.3 is 15.1 Å². The van der Waals surface area contributed by atoms with Crippen LogP contribution in [0.4, 0.5) is 5.69 Å². The van der Waals surface area contributed by atoms with Crippen LogP contribution in [0, 0.1) is 13.8 Å². The lowest BCUT2D eigenvalue weighted by atomic mass is 9.95. The summed E-state index contributed by atoms with van der Waals surface area (Å²) >= 11 is 1.30. The van der Waals surface area contributed by atoms with Gasteiger partial charge in [-0.25, -0.2) is 0 Å². The van der Waals surface area contributed by atoms with Gasteiger partial charge in [-0.15, -0.1) is 11.3 Å². The van der Waals surface area contributed by atoms with Crippen molar-refractivity contribution in [1.82, 2.24) is 10.6 Å². The molecule has 35 heavy (non-hydrogen) atoms. The third-order valence-corrected chi connectivity index (χ3v) is 7.05. The largest absolute Gasteiger partial charge is 0.464 e. The van der Waals surface area contributed by atoms with Gasteiger partial charge in [0, 0.05) is 11.7 Å². The van der Waals surface area contributed by atoms with E-state index in [2.05, 4.69) is 10.6 Å². The van der Waals surface area contributed by atoms with Gasteiger partial charge in [-0.2, -0.15) is 0 Å². The third-order valence-electron chi connectivity index (χ3n) is 6.18. The molecule has 4 rings (SSSR count). The lowest BCUT2D eigenvalue weighted by Gasteiger charge is -2.32. The SMILES string of the molecule is Cc1cccc(N(C(=O)CNC(=O)c2cccs2)[C@@H](C(=O)NC2CCCCC2)c2ccc(C)o2)c1. The zero-order valence-electron chi connectivity index (χ0n) is 20.1. The maximum absolute atomic E-state index is 13.7. The number of hydrogen-bond donors (Lipinski definition) is 2. The number of carbonyl (C=O) groups is 3. The topological polar surface area (TPSA) is 91.7 Å². The molecule has 1 fully saturated rings. The molecule has 0 spiro atoms. The first-order valence-corrected chi connectivity index (χ1v) is 12.9. The lowest BCUT2D eigenvalue weighted by molar-refractivity contribution is -0.127. The number of amides is 3. The molecule has 1 saturated carbocycles. The Morgan fingerprint density at radius 3 is 2.51 bits per heavy atom. The van der Waals surface area contributed by atoms with E-state index in [0.717, 1.165) is 31.2 Å². The first-order valence-electron chi connectivity index (χ1n) is 12.0. The van der Waals surface area contributed by atoms with Crippen molar-refractivity contribution in [3.05, 3.63) is 75.9 Å². The quantitative estimate of drug-likeness (QED) is 0.466. The summed E-state index contributed by atoms with van der Waals surface area (Å²) < 4.78 is 5.88. The summed E-state index contributed by atoms with van der Waals surface area (Å²) in [6.45, 7) is 3.48. The summed E-state index contributed by atoms with van der Waals surface area (Å²) in [5.74, 6) is 0.0204. The van der Waals surface area contributed by atoms with Crippen LogP contribution in [0.3, 0.4) is 0 Å². The number of nitrogens with one attached hydrogen (secondary N) is 2. The molecule has 2 aromatic heterocycles. The van der Waals surface area contributed by atoms with E-state index in [9.17, 15) is 14.4 Å². The molecule has 0 radical (unpaired) electrons. The Labute approximate surface area is 209 Å². The smallest absolute Gasteiger partial charge is 0.261 e. The fourth-order valence-electron chi connectivity index (χ4n) is 4.45. The summed E-state index contributed by atoms with van der Waals surface area (Å²) in [7, 11) is 0. The van der Waals surface area contributed by atoms with Crippen molar-refractivity contribution in [3.8, 4) is 0 Å². The third kappa shape index (κ3) is 6.19. The molecule has 1 aromatic carbocycles. The minimum absolute atomic E-state index is 0.0720. The molecule has 3 aromatic rings. The fourth-order valence-corrected chi connectivity index (χ4v) is 5.09. The summed E-state index contributed by atoms with van der Waals surface area (Å²) in [5.41, 5.74) is 1.52. The van der Waals surface area contributed by atoms with Crippen LogP contribution in [0.25, 0.3) is 0 Å². The normalized spacial score (nSPS) is 14.8. The van der Waals surface area contributed by atoms with E-state index in [1.54, 1.807) is 42.6 Å². The van der Waals surface area contributed by atoms with Crippen LogP contribution in [-0.4, -0.2) is 30.3 Å². The lowest BCUT2D eigenvalue weighted by Crippen LogP contribution is -2.49. The van der Waals surface area contributed by atoms with E-state index in [4.69, 9.17) is 4.42 Å². The number of rotatable bonds is 8. The predicted octanol–water partition coefficient (Wildman–Crippen LogP) is 4.91. The summed E-state index contributed by atoms with van der Waals surface area (Å²) in [6, 6.07) is 13.5. The Hall–Kier alpha value is -3.39. The Bertz CT molecular complexity index is 1160. The van der Waals surface area contributed by atoms with Gasteiger partial charge in [-0.3, -0.25) is 19.3 Å². The molecule has 7 nitrogen and oxygen atoms in total.